The predicted octanol–water partition coefficient (Wildman–Crippen LogP) is 3.64. The van der Waals surface area contributed by atoms with Gasteiger partial charge >= 0.3 is 5.97 Å². The number of aryl methyl sites for hydroxylation is 3. The lowest BCUT2D eigenvalue weighted by molar-refractivity contribution is 0.0527. The Morgan fingerprint density at radius 2 is 2.00 bits per heavy atom. The Balaban J connectivity index is 2.08. The van der Waals surface area contributed by atoms with Crippen LogP contribution < -0.4 is 10.9 Å². The van der Waals surface area contributed by atoms with Crippen LogP contribution in [0.2, 0.25) is 0 Å². The minimum absolute atomic E-state index is 0.132. The first-order chi connectivity index (χ1) is 12.9. The topological polar surface area (TPSA) is 84.1 Å². The largest absolute Gasteiger partial charge is 0.462 e. The van der Waals surface area contributed by atoms with Crippen molar-refractivity contribution in [2.45, 2.75) is 34.2 Å². The van der Waals surface area contributed by atoms with E-state index in [1.54, 1.807) is 6.92 Å². The number of pyridine rings is 2. The molecule has 0 saturated carbocycles. The average molecular weight is 365 g/mol. The number of para-hydroxylation sites is 1. The highest BCUT2D eigenvalue weighted by atomic mass is 16.5. The molecular weight excluding hydrogens is 342 g/mol. The highest BCUT2D eigenvalue weighted by molar-refractivity contribution is 6.05. The summed E-state index contributed by atoms with van der Waals surface area (Å²) in [7, 11) is 0. The molecule has 0 saturated heterocycles. The number of nitrogens with one attached hydrogen (secondary N) is 2. The number of esters is 1. The van der Waals surface area contributed by atoms with Crippen LogP contribution in [-0.2, 0) is 11.3 Å². The molecule has 3 aromatic rings. The van der Waals surface area contributed by atoms with Gasteiger partial charge in [-0.3, -0.25) is 9.78 Å². The number of H-pyrrole nitrogens is 1. The molecule has 3 rings (SSSR count). The van der Waals surface area contributed by atoms with Gasteiger partial charge in [-0.25, -0.2) is 4.79 Å². The molecule has 0 atom stereocenters. The van der Waals surface area contributed by atoms with Crippen LogP contribution >= 0.6 is 0 Å². The maximum absolute atomic E-state index is 12.4. The first kappa shape index (κ1) is 18.6. The Hall–Kier alpha value is -3.15. The second kappa shape index (κ2) is 7.61. The summed E-state index contributed by atoms with van der Waals surface area (Å²) in [5.74, 6) is -0.439. The van der Waals surface area contributed by atoms with E-state index in [4.69, 9.17) is 4.74 Å². The van der Waals surface area contributed by atoms with Gasteiger partial charge in [0.1, 0.15) is 5.56 Å². The van der Waals surface area contributed by atoms with Crippen LogP contribution in [0.1, 0.15) is 39.7 Å². The van der Waals surface area contributed by atoms with E-state index in [2.05, 4.69) is 15.3 Å². The molecule has 0 fully saturated rings. The zero-order valence-corrected chi connectivity index (χ0v) is 16.0. The van der Waals surface area contributed by atoms with E-state index in [1.807, 2.05) is 45.0 Å². The van der Waals surface area contributed by atoms with Crippen molar-refractivity contribution >= 4 is 22.6 Å². The third-order valence-electron chi connectivity index (χ3n) is 4.53. The van der Waals surface area contributed by atoms with Gasteiger partial charge in [0.15, 0.2) is 0 Å². The van der Waals surface area contributed by atoms with Crippen molar-refractivity contribution in [3.05, 3.63) is 68.8 Å². The molecule has 0 aliphatic carbocycles. The lowest BCUT2D eigenvalue weighted by Gasteiger charge is -2.15. The van der Waals surface area contributed by atoms with Gasteiger partial charge in [-0.15, -0.1) is 0 Å². The number of carbonyl (C=O) groups excluding carboxylic acids is 1. The van der Waals surface area contributed by atoms with Crippen molar-refractivity contribution in [1.82, 2.24) is 9.97 Å². The Kier molecular flexibility index (Phi) is 5.26. The SMILES string of the molecule is CCOC(=O)c1cnc2c(C)cccc2c1NCc1c(C)cc(C)[nH]c1=O. The number of carbonyl (C=O) groups is 1. The molecule has 0 amide bonds. The summed E-state index contributed by atoms with van der Waals surface area (Å²) in [6, 6.07) is 7.73. The van der Waals surface area contributed by atoms with Crippen LogP contribution in [-0.4, -0.2) is 22.5 Å². The van der Waals surface area contributed by atoms with Crippen molar-refractivity contribution in [2.24, 2.45) is 0 Å². The van der Waals surface area contributed by atoms with Crippen LogP contribution in [0.3, 0.4) is 0 Å². The number of fused-ring (bicyclic) bond motifs is 1. The number of anilines is 1. The molecule has 0 aliphatic rings. The minimum Gasteiger partial charge on any atom is -0.462 e. The maximum Gasteiger partial charge on any atom is 0.341 e. The van der Waals surface area contributed by atoms with Crippen molar-refractivity contribution < 1.29 is 9.53 Å². The number of hydrogen-bond donors (Lipinski definition) is 2. The molecular formula is C21H23N3O3. The number of ether oxygens (including phenoxy) is 1. The van der Waals surface area contributed by atoms with Crippen LogP contribution in [0, 0.1) is 20.8 Å². The summed E-state index contributed by atoms with van der Waals surface area (Å²) >= 11 is 0. The first-order valence-electron chi connectivity index (χ1n) is 8.91. The smallest absolute Gasteiger partial charge is 0.341 e. The molecule has 1 aromatic carbocycles. The summed E-state index contributed by atoms with van der Waals surface area (Å²) in [4.78, 5) is 32.0. The lowest BCUT2D eigenvalue weighted by Crippen LogP contribution is -2.19. The summed E-state index contributed by atoms with van der Waals surface area (Å²) in [5.41, 5.74) is 5.02. The van der Waals surface area contributed by atoms with Gasteiger partial charge in [0, 0.05) is 29.4 Å². The van der Waals surface area contributed by atoms with Gasteiger partial charge < -0.3 is 15.0 Å². The van der Waals surface area contributed by atoms with E-state index in [-0.39, 0.29) is 12.2 Å². The molecule has 0 bridgehead atoms. The highest BCUT2D eigenvalue weighted by Gasteiger charge is 2.18. The molecule has 0 radical (unpaired) electrons. The third kappa shape index (κ3) is 3.69. The monoisotopic (exact) mass is 365 g/mol. The van der Waals surface area contributed by atoms with Gasteiger partial charge in [-0.05, 0) is 44.9 Å². The summed E-state index contributed by atoms with van der Waals surface area (Å²) < 4.78 is 5.18. The molecule has 2 aromatic heterocycles. The number of aromatic nitrogens is 2. The standard InChI is InChI=1S/C21H23N3O3/c1-5-27-21(26)17-11-22-18-12(2)7-6-8-15(18)19(17)23-10-16-13(3)9-14(4)24-20(16)25/h6-9,11H,5,10H2,1-4H3,(H,22,23)(H,24,25). The lowest BCUT2D eigenvalue weighted by atomic mass is 10.1. The summed E-state index contributed by atoms with van der Waals surface area (Å²) in [5, 5.41) is 4.10. The molecule has 0 aliphatic heterocycles. The molecule has 2 N–H and O–H groups in total. The van der Waals surface area contributed by atoms with Crippen molar-refractivity contribution in [3.63, 3.8) is 0 Å². The molecule has 6 heteroatoms. The molecule has 2 heterocycles. The molecule has 0 spiro atoms. The van der Waals surface area contributed by atoms with Crippen LogP contribution in [0.25, 0.3) is 10.9 Å². The number of hydrogen-bond acceptors (Lipinski definition) is 5. The molecule has 6 nitrogen and oxygen atoms in total. The number of nitrogens with zero attached hydrogens (tertiary/aromatic N) is 1. The van der Waals surface area contributed by atoms with Crippen LogP contribution in [0.4, 0.5) is 5.69 Å². The quantitative estimate of drug-likeness (QED) is 0.675. The molecule has 27 heavy (non-hydrogen) atoms. The van der Waals surface area contributed by atoms with Gasteiger partial charge in [-0.1, -0.05) is 18.2 Å². The Bertz CT molecular complexity index is 1070. The van der Waals surface area contributed by atoms with E-state index in [0.717, 1.165) is 27.7 Å². The van der Waals surface area contributed by atoms with Crippen molar-refractivity contribution in [1.29, 1.82) is 0 Å². The van der Waals surface area contributed by atoms with Gasteiger partial charge in [0.05, 0.1) is 17.8 Å². The fraction of sp³-hybridized carbons (Fsp3) is 0.286. The highest BCUT2D eigenvalue weighted by Crippen LogP contribution is 2.29. The second-order valence-corrected chi connectivity index (χ2v) is 6.54. The van der Waals surface area contributed by atoms with E-state index in [9.17, 15) is 9.59 Å². The maximum atomic E-state index is 12.4. The number of benzene rings is 1. The zero-order valence-electron chi connectivity index (χ0n) is 16.0. The van der Waals surface area contributed by atoms with Crippen molar-refractivity contribution in [2.75, 3.05) is 11.9 Å². The first-order valence-corrected chi connectivity index (χ1v) is 8.91. The van der Waals surface area contributed by atoms with E-state index < -0.39 is 5.97 Å². The fourth-order valence-electron chi connectivity index (χ4n) is 3.20. The molecule has 140 valence electrons. The van der Waals surface area contributed by atoms with Crippen LogP contribution in [0.5, 0.6) is 0 Å². The predicted molar refractivity (Wildman–Crippen MR) is 106 cm³/mol. The average Bonchev–Trinajstić information content (AvgIpc) is 2.61. The number of aromatic amines is 1. The Morgan fingerprint density at radius 1 is 1.22 bits per heavy atom. The second-order valence-electron chi connectivity index (χ2n) is 6.54. The summed E-state index contributed by atoms with van der Waals surface area (Å²) in [6.07, 6.45) is 1.53. The van der Waals surface area contributed by atoms with E-state index >= 15 is 0 Å². The zero-order chi connectivity index (χ0) is 19.6. The van der Waals surface area contributed by atoms with Crippen LogP contribution in [0.15, 0.2) is 35.3 Å². The molecule has 0 unspecified atom stereocenters. The fourth-order valence-corrected chi connectivity index (χ4v) is 3.20. The Morgan fingerprint density at radius 3 is 2.70 bits per heavy atom. The van der Waals surface area contributed by atoms with E-state index in [0.29, 0.717) is 23.4 Å². The Labute approximate surface area is 157 Å². The van der Waals surface area contributed by atoms with Crippen molar-refractivity contribution in [3.8, 4) is 0 Å². The van der Waals surface area contributed by atoms with Gasteiger partial charge in [0.25, 0.3) is 5.56 Å². The number of rotatable bonds is 5. The summed E-state index contributed by atoms with van der Waals surface area (Å²) in [6.45, 7) is 8.06. The van der Waals surface area contributed by atoms with E-state index in [1.165, 1.54) is 6.20 Å². The van der Waals surface area contributed by atoms with Gasteiger partial charge in [0.2, 0.25) is 0 Å². The third-order valence-corrected chi connectivity index (χ3v) is 4.53. The minimum atomic E-state index is -0.439. The normalized spacial score (nSPS) is 10.8. The van der Waals surface area contributed by atoms with Gasteiger partial charge in [-0.2, -0.15) is 0 Å².